The SMILES string of the molecule is CCOC(=O)C[C@@H](c1cc2c(c(CN3C[C@@H](CC)Oc4ncc(Cl)cc4S3(=O)=O)c1)CCC2)c1cc(OC(F)(F)F)c2c(nnn2C)c1C. The quantitative estimate of drug-likeness (QED) is 0.187. The molecular weight excluding hydrogens is 687 g/mol. The van der Waals surface area contributed by atoms with E-state index < -0.39 is 40.1 Å². The second kappa shape index (κ2) is 13.4. The lowest BCUT2D eigenvalue weighted by atomic mass is 9.83. The molecule has 0 radical (unpaired) electrons. The summed E-state index contributed by atoms with van der Waals surface area (Å²) in [6.45, 7) is 5.42. The Morgan fingerprint density at radius 3 is 2.67 bits per heavy atom. The third-order valence-electron chi connectivity index (χ3n) is 9.03. The van der Waals surface area contributed by atoms with Gasteiger partial charge in [-0.25, -0.2) is 18.1 Å². The van der Waals surface area contributed by atoms with Crippen molar-refractivity contribution in [3.8, 4) is 11.6 Å². The molecule has 16 heteroatoms. The van der Waals surface area contributed by atoms with Crippen molar-refractivity contribution < 1.29 is 40.6 Å². The van der Waals surface area contributed by atoms with Crippen LogP contribution in [0.25, 0.3) is 11.0 Å². The van der Waals surface area contributed by atoms with Gasteiger partial charge >= 0.3 is 12.3 Å². The number of fused-ring (bicyclic) bond motifs is 3. The summed E-state index contributed by atoms with van der Waals surface area (Å²) >= 11 is 6.17. The van der Waals surface area contributed by atoms with Crippen molar-refractivity contribution in [2.24, 2.45) is 7.05 Å². The molecule has 0 fully saturated rings. The third kappa shape index (κ3) is 6.93. The predicted octanol–water partition coefficient (Wildman–Crippen LogP) is 6.16. The average Bonchev–Trinajstić information content (AvgIpc) is 3.65. The van der Waals surface area contributed by atoms with Gasteiger partial charge in [-0.1, -0.05) is 35.9 Å². The number of halogens is 4. The van der Waals surface area contributed by atoms with Crippen LogP contribution in [0.15, 0.2) is 35.4 Å². The van der Waals surface area contributed by atoms with Crippen molar-refractivity contribution in [3.05, 3.63) is 68.9 Å². The second-order valence-corrected chi connectivity index (χ2v) is 14.5. The van der Waals surface area contributed by atoms with Gasteiger partial charge in [0.25, 0.3) is 0 Å². The number of rotatable bonds is 9. The zero-order valence-electron chi connectivity index (χ0n) is 27.3. The van der Waals surface area contributed by atoms with Gasteiger partial charge in [0.05, 0.1) is 24.6 Å². The average molecular weight is 722 g/mol. The lowest BCUT2D eigenvalue weighted by Gasteiger charge is -2.26. The largest absolute Gasteiger partial charge is 0.573 e. The molecule has 2 aromatic heterocycles. The molecule has 0 unspecified atom stereocenters. The first-order valence-electron chi connectivity index (χ1n) is 15.9. The minimum atomic E-state index is -5.00. The highest BCUT2D eigenvalue weighted by Gasteiger charge is 2.38. The number of benzene rings is 2. The highest BCUT2D eigenvalue weighted by Crippen LogP contribution is 2.42. The van der Waals surface area contributed by atoms with Crippen molar-refractivity contribution in [3.63, 3.8) is 0 Å². The molecule has 6 rings (SSSR count). The highest BCUT2D eigenvalue weighted by molar-refractivity contribution is 7.89. The number of esters is 1. The van der Waals surface area contributed by atoms with E-state index in [1.54, 1.807) is 13.8 Å². The first-order valence-corrected chi connectivity index (χ1v) is 17.7. The summed E-state index contributed by atoms with van der Waals surface area (Å²) in [6.07, 6.45) is -1.57. The van der Waals surface area contributed by atoms with Crippen LogP contribution in [-0.2, 0) is 46.0 Å². The summed E-state index contributed by atoms with van der Waals surface area (Å²) < 4.78 is 87.4. The molecular formula is C33H35ClF3N5O6S. The molecule has 0 N–H and O–H groups in total. The van der Waals surface area contributed by atoms with Gasteiger partial charge in [-0.3, -0.25) is 4.79 Å². The number of carbonyl (C=O) groups is 1. The normalized spacial score (nSPS) is 18.0. The molecule has 0 saturated heterocycles. The van der Waals surface area contributed by atoms with Gasteiger partial charge in [-0.05, 0) is 85.0 Å². The van der Waals surface area contributed by atoms with Crippen molar-refractivity contribution >= 4 is 38.6 Å². The van der Waals surface area contributed by atoms with Crippen molar-refractivity contribution in [2.75, 3.05) is 13.2 Å². The summed E-state index contributed by atoms with van der Waals surface area (Å²) in [4.78, 5) is 17.1. The molecule has 4 aromatic rings. The van der Waals surface area contributed by atoms with E-state index >= 15 is 0 Å². The Hall–Kier alpha value is -3.95. The minimum Gasteiger partial charge on any atom is -0.472 e. The van der Waals surface area contributed by atoms with Crippen molar-refractivity contribution in [2.45, 2.75) is 82.7 Å². The third-order valence-corrected chi connectivity index (χ3v) is 11.0. The molecule has 3 heterocycles. The van der Waals surface area contributed by atoms with Crippen molar-refractivity contribution in [1.29, 1.82) is 0 Å². The molecule has 11 nitrogen and oxygen atoms in total. The van der Waals surface area contributed by atoms with Crippen LogP contribution in [0, 0.1) is 6.92 Å². The Morgan fingerprint density at radius 2 is 1.96 bits per heavy atom. The fourth-order valence-corrected chi connectivity index (χ4v) is 8.53. The van der Waals surface area contributed by atoms with Gasteiger partial charge in [0, 0.05) is 25.7 Å². The zero-order chi connectivity index (χ0) is 35.2. The van der Waals surface area contributed by atoms with Crippen LogP contribution in [0.2, 0.25) is 5.02 Å². The molecule has 2 aromatic carbocycles. The Balaban J connectivity index is 1.50. The maximum Gasteiger partial charge on any atom is 0.573 e. The maximum absolute atomic E-state index is 14.1. The molecule has 0 bridgehead atoms. The number of carbonyl (C=O) groups excluding carboxylic acids is 1. The summed E-state index contributed by atoms with van der Waals surface area (Å²) in [7, 11) is -2.65. The van der Waals surface area contributed by atoms with E-state index in [-0.39, 0.29) is 52.9 Å². The van der Waals surface area contributed by atoms with Gasteiger partial charge in [-0.15, -0.1) is 18.3 Å². The molecule has 0 spiro atoms. The number of aryl methyl sites for hydroxylation is 3. The monoisotopic (exact) mass is 721 g/mol. The van der Waals surface area contributed by atoms with E-state index in [0.29, 0.717) is 36.0 Å². The number of pyridine rings is 1. The maximum atomic E-state index is 14.1. The topological polar surface area (TPSA) is 126 Å². The van der Waals surface area contributed by atoms with Gasteiger partial charge in [0.1, 0.15) is 22.0 Å². The minimum absolute atomic E-state index is 0.0128. The van der Waals surface area contributed by atoms with E-state index in [1.807, 2.05) is 19.1 Å². The Kier molecular flexibility index (Phi) is 9.54. The van der Waals surface area contributed by atoms with Crippen LogP contribution in [0.5, 0.6) is 11.6 Å². The van der Waals surface area contributed by atoms with E-state index in [4.69, 9.17) is 21.1 Å². The second-order valence-electron chi connectivity index (χ2n) is 12.2. The molecule has 0 saturated carbocycles. The molecule has 262 valence electrons. The van der Waals surface area contributed by atoms with Crippen LogP contribution in [0.3, 0.4) is 0 Å². The lowest BCUT2D eigenvalue weighted by Crippen LogP contribution is -2.36. The molecule has 49 heavy (non-hydrogen) atoms. The molecule has 2 aliphatic rings. The van der Waals surface area contributed by atoms with Crippen LogP contribution in [-0.4, -0.2) is 64.3 Å². The molecule has 1 aliphatic heterocycles. The number of alkyl halides is 3. The van der Waals surface area contributed by atoms with Gasteiger partial charge < -0.3 is 14.2 Å². The van der Waals surface area contributed by atoms with Gasteiger partial charge in [0.2, 0.25) is 15.9 Å². The number of hydrogen-bond donors (Lipinski definition) is 0. The summed E-state index contributed by atoms with van der Waals surface area (Å²) in [5.74, 6) is -1.86. The fourth-order valence-electron chi connectivity index (χ4n) is 6.76. The van der Waals surface area contributed by atoms with E-state index in [0.717, 1.165) is 23.1 Å². The van der Waals surface area contributed by atoms with E-state index in [9.17, 15) is 26.4 Å². The molecule has 2 atom stereocenters. The first-order chi connectivity index (χ1) is 23.2. The molecule has 0 amide bonds. The number of sulfonamides is 1. The fraction of sp³-hybridized carbons (Fsp3) is 0.455. The highest BCUT2D eigenvalue weighted by atomic mass is 35.5. The summed E-state index contributed by atoms with van der Waals surface area (Å²) in [5.41, 5.74) is 4.47. The summed E-state index contributed by atoms with van der Waals surface area (Å²) in [5, 5.41) is 8.21. The van der Waals surface area contributed by atoms with Crippen molar-refractivity contribution in [1.82, 2.24) is 24.3 Å². The zero-order valence-corrected chi connectivity index (χ0v) is 28.9. The van der Waals surface area contributed by atoms with Gasteiger partial charge in [-0.2, -0.15) is 4.31 Å². The van der Waals surface area contributed by atoms with E-state index in [2.05, 4.69) is 20.0 Å². The number of ether oxygens (including phenoxy) is 3. The van der Waals surface area contributed by atoms with Crippen LogP contribution in [0.1, 0.15) is 72.4 Å². The summed E-state index contributed by atoms with van der Waals surface area (Å²) in [6, 6.07) is 6.40. The van der Waals surface area contributed by atoms with Crippen LogP contribution >= 0.6 is 11.6 Å². The lowest BCUT2D eigenvalue weighted by molar-refractivity contribution is -0.274. The Bertz CT molecular complexity index is 2040. The van der Waals surface area contributed by atoms with Crippen LogP contribution in [0.4, 0.5) is 13.2 Å². The standard InChI is InChI=1S/C33H35ClF3N5O6S/c1-5-23-17-42(49(44,45)28-12-22(34)15-38-32(28)47-23)16-21-11-20(10-19-8-7-9-24(19)21)26(14-29(43)46-6-2)25-13-27(48-33(35,36)37)31-30(18(25)3)39-40-41(31)4/h10-13,15,23,26H,5-9,14,16-17H2,1-4H3/t23-,26+/m1/s1. The first kappa shape index (κ1) is 34.9. The predicted molar refractivity (Wildman–Crippen MR) is 173 cm³/mol. The van der Waals surface area contributed by atoms with Gasteiger partial charge in [0.15, 0.2) is 5.75 Å². The number of aromatic nitrogens is 4. The molecule has 1 aliphatic carbocycles. The Labute approximate surface area is 286 Å². The van der Waals surface area contributed by atoms with E-state index in [1.165, 1.54) is 34.4 Å². The Morgan fingerprint density at radius 1 is 1.18 bits per heavy atom. The number of nitrogens with zero attached hydrogens (tertiary/aromatic N) is 5. The smallest absolute Gasteiger partial charge is 0.472 e. The number of hydrogen-bond acceptors (Lipinski definition) is 9. The van der Waals surface area contributed by atoms with Crippen LogP contribution < -0.4 is 9.47 Å².